The average Bonchev–Trinajstić information content (AvgIpc) is 2.42. The van der Waals surface area contributed by atoms with Gasteiger partial charge in [0.1, 0.15) is 23.4 Å². The Balaban J connectivity index is 2.39. The Morgan fingerprint density at radius 2 is 1.95 bits per heavy atom. The summed E-state index contributed by atoms with van der Waals surface area (Å²) in [7, 11) is 0. The van der Waals surface area contributed by atoms with Crippen molar-refractivity contribution in [3.05, 3.63) is 58.9 Å². The number of hydrogen-bond acceptors (Lipinski definition) is 3. The van der Waals surface area contributed by atoms with E-state index in [0.717, 1.165) is 0 Å². The highest BCUT2D eigenvalue weighted by molar-refractivity contribution is 5.88. The van der Waals surface area contributed by atoms with Crippen molar-refractivity contribution in [2.45, 2.75) is 6.92 Å². The Hall–Kier alpha value is -2.87. The lowest BCUT2D eigenvalue weighted by molar-refractivity contribution is 0.0697. The number of rotatable bonds is 3. The van der Waals surface area contributed by atoms with Crippen LogP contribution < -0.4 is 4.74 Å². The largest absolute Gasteiger partial charge is 0.478 e. The first kappa shape index (κ1) is 13.6. The number of nitriles is 1. The Morgan fingerprint density at radius 1 is 1.25 bits per heavy atom. The van der Waals surface area contributed by atoms with Crippen LogP contribution in [0.15, 0.2) is 36.4 Å². The maximum atomic E-state index is 13.0. The third-order valence-electron chi connectivity index (χ3n) is 2.70. The van der Waals surface area contributed by atoms with Crippen molar-refractivity contribution in [1.82, 2.24) is 0 Å². The van der Waals surface area contributed by atoms with E-state index in [1.54, 1.807) is 6.92 Å². The summed E-state index contributed by atoms with van der Waals surface area (Å²) in [5, 5.41) is 17.9. The second-order valence-corrected chi connectivity index (χ2v) is 4.14. The Morgan fingerprint density at radius 3 is 2.55 bits per heavy atom. The molecule has 100 valence electrons. The van der Waals surface area contributed by atoms with Crippen molar-refractivity contribution in [3.63, 3.8) is 0 Å². The molecule has 0 radical (unpaired) electrons. The number of carboxylic acid groups (broad SMARTS) is 1. The zero-order valence-corrected chi connectivity index (χ0v) is 10.6. The van der Waals surface area contributed by atoms with Crippen LogP contribution in [-0.2, 0) is 0 Å². The van der Waals surface area contributed by atoms with Gasteiger partial charge >= 0.3 is 5.97 Å². The molecule has 0 bridgehead atoms. The number of aromatic carboxylic acids is 1. The van der Waals surface area contributed by atoms with Crippen LogP contribution in [0.3, 0.4) is 0 Å². The lowest BCUT2D eigenvalue weighted by atomic mass is 10.1. The molecule has 0 saturated heterocycles. The molecule has 2 rings (SSSR count). The molecule has 2 aromatic carbocycles. The topological polar surface area (TPSA) is 70.3 Å². The standard InChI is InChI=1S/C15H10FNO3/c1-9-6-12(16)3-5-13(9)20-14-4-2-10(15(18)19)7-11(14)8-17/h2-7H,1H3,(H,18,19). The van der Waals surface area contributed by atoms with Gasteiger partial charge in [0.2, 0.25) is 0 Å². The highest BCUT2D eigenvalue weighted by Gasteiger charge is 2.11. The molecule has 0 aliphatic rings. The minimum absolute atomic E-state index is 0.00438. The number of ether oxygens (including phenoxy) is 1. The number of nitrogens with zero attached hydrogens (tertiary/aromatic N) is 1. The molecular weight excluding hydrogens is 261 g/mol. The van der Waals surface area contributed by atoms with Gasteiger partial charge in [-0.05, 0) is 48.9 Å². The Kier molecular flexibility index (Phi) is 3.67. The van der Waals surface area contributed by atoms with E-state index in [1.165, 1.54) is 36.4 Å². The second-order valence-electron chi connectivity index (χ2n) is 4.14. The molecule has 0 aliphatic heterocycles. The van der Waals surface area contributed by atoms with Crippen molar-refractivity contribution in [3.8, 4) is 17.6 Å². The van der Waals surface area contributed by atoms with E-state index in [9.17, 15) is 9.18 Å². The number of carbonyl (C=O) groups is 1. The number of benzene rings is 2. The third-order valence-corrected chi connectivity index (χ3v) is 2.70. The van der Waals surface area contributed by atoms with Gasteiger partial charge in [-0.25, -0.2) is 9.18 Å². The van der Waals surface area contributed by atoms with Gasteiger partial charge in [0.25, 0.3) is 0 Å². The minimum Gasteiger partial charge on any atom is -0.478 e. The van der Waals surface area contributed by atoms with Gasteiger partial charge in [-0.1, -0.05) is 0 Å². The quantitative estimate of drug-likeness (QED) is 0.927. The number of carboxylic acids is 1. The average molecular weight is 271 g/mol. The summed E-state index contributed by atoms with van der Waals surface area (Å²) < 4.78 is 18.5. The zero-order chi connectivity index (χ0) is 14.7. The fraction of sp³-hybridized carbons (Fsp3) is 0.0667. The summed E-state index contributed by atoms with van der Waals surface area (Å²) in [5.74, 6) is -0.860. The summed E-state index contributed by atoms with van der Waals surface area (Å²) in [6.07, 6.45) is 0. The molecule has 20 heavy (non-hydrogen) atoms. The Bertz CT molecular complexity index is 720. The highest BCUT2D eigenvalue weighted by Crippen LogP contribution is 2.28. The number of hydrogen-bond donors (Lipinski definition) is 1. The molecule has 0 atom stereocenters. The molecule has 0 spiro atoms. The molecule has 2 aromatic rings. The van der Waals surface area contributed by atoms with Crippen molar-refractivity contribution < 1.29 is 19.0 Å². The molecule has 5 heteroatoms. The lowest BCUT2D eigenvalue weighted by Crippen LogP contribution is -1.98. The third kappa shape index (κ3) is 2.75. The van der Waals surface area contributed by atoms with Crippen LogP contribution in [0.5, 0.6) is 11.5 Å². The molecule has 0 heterocycles. The van der Waals surface area contributed by atoms with Gasteiger partial charge in [-0.3, -0.25) is 0 Å². The first-order chi connectivity index (χ1) is 9.51. The van der Waals surface area contributed by atoms with Crippen LogP contribution in [-0.4, -0.2) is 11.1 Å². The molecule has 0 aromatic heterocycles. The van der Waals surface area contributed by atoms with Crippen molar-refractivity contribution in [2.24, 2.45) is 0 Å². The van der Waals surface area contributed by atoms with Gasteiger partial charge in [0, 0.05) is 0 Å². The maximum Gasteiger partial charge on any atom is 0.335 e. The monoisotopic (exact) mass is 271 g/mol. The summed E-state index contributed by atoms with van der Waals surface area (Å²) in [4.78, 5) is 10.8. The summed E-state index contributed by atoms with van der Waals surface area (Å²) in [5.41, 5.74) is 0.689. The smallest absolute Gasteiger partial charge is 0.335 e. The van der Waals surface area contributed by atoms with Crippen molar-refractivity contribution in [2.75, 3.05) is 0 Å². The summed E-state index contributed by atoms with van der Waals surface area (Å²) in [6.45, 7) is 1.68. The van der Waals surface area contributed by atoms with E-state index in [2.05, 4.69) is 0 Å². The van der Waals surface area contributed by atoms with E-state index in [4.69, 9.17) is 15.1 Å². The van der Waals surface area contributed by atoms with Crippen LogP contribution in [0.4, 0.5) is 4.39 Å². The van der Waals surface area contributed by atoms with Crippen LogP contribution >= 0.6 is 0 Å². The van der Waals surface area contributed by atoms with E-state index >= 15 is 0 Å². The normalized spacial score (nSPS) is 9.85. The molecule has 0 fully saturated rings. The molecule has 0 saturated carbocycles. The summed E-state index contributed by atoms with van der Waals surface area (Å²) >= 11 is 0. The number of halogens is 1. The fourth-order valence-electron chi connectivity index (χ4n) is 1.69. The van der Waals surface area contributed by atoms with Gasteiger partial charge < -0.3 is 9.84 Å². The first-order valence-corrected chi connectivity index (χ1v) is 5.72. The SMILES string of the molecule is Cc1cc(F)ccc1Oc1ccc(C(=O)O)cc1C#N. The minimum atomic E-state index is -1.12. The molecular formula is C15H10FNO3. The molecule has 4 nitrogen and oxygen atoms in total. The Labute approximate surface area is 114 Å². The van der Waals surface area contributed by atoms with Gasteiger partial charge in [-0.2, -0.15) is 5.26 Å². The van der Waals surface area contributed by atoms with Crippen molar-refractivity contribution >= 4 is 5.97 Å². The van der Waals surface area contributed by atoms with Crippen molar-refractivity contribution in [1.29, 1.82) is 5.26 Å². The molecule has 0 aliphatic carbocycles. The maximum absolute atomic E-state index is 13.0. The molecule has 0 amide bonds. The molecule has 0 unspecified atom stereocenters. The van der Waals surface area contributed by atoms with Crippen LogP contribution in [0.2, 0.25) is 0 Å². The lowest BCUT2D eigenvalue weighted by Gasteiger charge is -2.10. The van der Waals surface area contributed by atoms with Gasteiger partial charge in [0.05, 0.1) is 11.1 Å². The highest BCUT2D eigenvalue weighted by atomic mass is 19.1. The molecule has 1 N–H and O–H groups in total. The fourth-order valence-corrected chi connectivity index (χ4v) is 1.69. The predicted molar refractivity (Wildman–Crippen MR) is 69.3 cm³/mol. The van der Waals surface area contributed by atoms with E-state index in [1.807, 2.05) is 6.07 Å². The van der Waals surface area contributed by atoms with Gasteiger partial charge in [-0.15, -0.1) is 0 Å². The van der Waals surface area contributed by atoms with Crippen LogP contribution in [0.25, 0.3) is 0 Å². The van der Waals surface area contributed by atoms with E-state index in [-0.39, 0.29) is 22.7 Å². The van der Waals surface area contributed by atoms with Gasteiger partial charge in [0.15, 0.2) is 0 Å². The zero-order valence-electron chi connectivity index (χ0n) is 10.6. The number of aryl methyl sites for hydroxylation is 1. The predicted octanol–water partition coefficient (Wildman–Crippen LogP) is 3.50. The van der Waals surface area contributed by atoms with Crippen LogP contribution in [0.1, 0.15) is 21.5 Å². The first-order valence-electron chi connectivity index (χ1n) is 5.72. The summed E-state index contributed by atoms with van der Waals surface area (Å²) in [6, 6.07) is 9.88. The van der Waals surface area contributed by atoms with E-state index in [0.29, 0.717) is 11.3 Å². The second kappa shape index (κ2) is 5.41. The van der Waals surface area contributed by atoms with Crippen LogP contribution in [0, 0.1) is 24.1 Å². The van der Waals surface area contributed by atoms with E-state index < -0.39 is 5.97 Å².